The third-order valence-electron chi connectivity index (χ3n) is 3.50. The van der Waals surface area contributed by atoms with Crippen LogP contribution in [0.1, 0.15) is 16.7 Å². The van der Waals surface area contributed by atoms with Crippen LogP contribution >= 0.6 is 0 Å². The molecule has 2 aromatic rings. The van der Waals surface area contributed by atoms with Gasteiger partial charge in [-0.1, -0.05) is 24.3 Å². The molecule has 0 fully saturated rings. The highest BCUT2D eigenvalue weighted by Gasteiger charge is 2.25. The van der Waals surface area contributed by atoms with Gasteiger partial charge in [0.1, 0.15) is 5.75 Å². The van der Waals surface area contributed by atoms with E-state index in [1.165, 1.54) is 6.07 Å². The maximum atomic E-state index is 12.8. The summed E-state index contributed by atoms with van der Waals surface area (Å²) in [5, 5.41) is 9.21. The van der Waals surface area contributed by atoms with Gasteiger partial charge in [0.05, 0.1) is 23.5 Å². The van der Waals surface area contributed by atoms with Gasteiger partial charge in [0.15, 0.2) is 0 Å². The van der Waals surface area contributed by atoms with Crippen LogP contribution in [0.4, 0.5) is 0 Å². The summed E-state index contributed by atoms with van der Waals surface area (Å²) in [6.07, 6.45) is 3.53. The second-order valence-electron chi connectivity index (χ2n) is 4.77. The summed E-state index contributed by atoms with van der Waals surface area (Å²) < 4.78 is 30.8. The number of rotatable bonds is 2. The Labute approximate surface area is 123 Å². The molecule has 0 bridgehead atoms. The second-order valence-corrected chi connectivity index (χ2v) is 6.66. The number of hydrogen-bond donors (Lipinski definition) is 1. The maximum Gasteiger partial charge on any atom is 0.207 e. The number of ether oxygens (including phenoxy) is 1. The smallest absolute Gasteiger partial charge is 0.207 e. The standard InChI is InChI=1S/C16H14O4S/c1-20-14-6-7-15-13(9-14)5-4-12-3-2-11(10-17)8-16(12)21(15,18)19/h2-9,17H,10H2,1H3. The second kappa shape index (κ2) is 5.02. The normalized spacial score (nSPS) is 15.0. The van der Waals surface area contributed by atoms with E-state index >= 15 is 0 Å². The summed E-state index contributed by atoms with van der Waals surface area (Å²) in [5.74, 6) is 0.607. The van der Waals surface area contributed by atoms with Gasteiger partial charge in [-0.05, 0) is 41.0 Å². The molecule has 0 aliphatic carbocycles. The van der Waals surface area contributed by atoms with E-state index in [0.717, 1.165) is 0 Å². The molecule has 0 atom stereocenters. The molecule has 21 heavy (non-hydrogen) atoms. The van der Waals surface area contributed by atoms with Crippen molar-refractivity contribution >= 4 is 22.0 Å². The monoisotopic (exact) mass is 302 g/mol. The molecule has 3 rings (SSSR count). The van der Waals surface area contributed by atoms with Crippen LogP contribution in [-0.2, 0) is 16.4 Å². The molecule has 0 saturated heterocycles. The van der Waals surface area contributed by atoms with Gasteiger partial charge in [0.25, 0.3) is 0 Å². The molecule has 0 aromatic heterocycles. The quantitative estimate of drug-likeness (QED) is 0.790. The molecule has 1 N–H and O–H groups in total. The number of hydrogen-bond acceptors (Lipinski definition) is 4. The molecule has 0 radical (unpaired) electrons. The van der Waals surface area contributed by atoms with Crippen molar-refractivity contribution in [2.75, 3.05) is 7.11 Å². The van der Waals surface area contributed by atoms with Crippen LogP contribution in [0.25, 0.3) is 12.2 Å². The molecule has 0 unspecified atom stereocenters. The highest BCUT2D eigenvalue weighted by Crippen LogP contribution is 2.34. The fraction of sp³-hybridized carbons (Fsp3) is 0.125. The van der Waals surface area contributed by atoms with Gasteiger partial charge < -0.3 is 9.84 Å². The topological polar surface area (TPSA) is 63.6 Å². The van der Waals surface area contributed by atoms with E-state index in [9.17, 15) is 13.5 Å². The Balaban J connectivity index is 2.29. The first-order valence-corrected chi connectivity index (χ1v) is 7.89. The van der Waals surface area contributed by atoms with Gasteiger partial charge >= 0.3 is 0 Å². The third kappa shape index (κ3) is 2.24. The summed E-state index contributed by atoms with van der Waals surface area (Å²) in [4.78, 5) is 0.461. The largest absolute Gasteiger partial charge is 0.497 e. The average Bonchev–Trinajstić information content (AvgIpc) is 2.62. The lowest BCUT2D eigenvalue weighted by atomic mass is 10.1. The minimum absolute atomic E-state index is 0.192. The third-order valence-corrected chi connectivity index (χ3v) is 5.38. The minimum Gasteiger partial charge on any atom is -0.497 e. The van der Waals surface area contributed by atoms with Crippen LogP contribution < -0.4 is 4.74 Å². The van der Waals surface area contributed by atoms with Crippen LogP contribution in [0.2, 0.25) is 0 Å². The van der Waals surface area contributed by atoms with Gasteiger partial charge in [0, 0.05) is 0 Å². The van der Waals surface area contributed by atoms with E-state index in [4.69, 9.17) is 4.74 Å². The molecule has 4 nitrogen and oxygen atoms in total. The van der Waals surface area contributed by atoms with E-state index in [2.05, 4.69) is 0 Å². The molecule has 1 aliphatic heterocycles. The van der Waals surface area contributed by atoms with Crippen LogP contribution in [0, 0.1) is 0 Å². The predicted molar refractivity (Wildman–Crippen MR) is 79.7 cm³/mol. The van der Waals surface area contributed by atoms with E-state index in [0.29, 0.717) is 22.4 Å². The molecule has 0 spiro atoms. The zero-order valence-electron chi connectivity index (χ0n) is 11.4. The Hall–Kier alpha value is -2.11. The number of sulfone groups is 1. The van der Waals surface area contributed by atoms with Gasteiger partial charge in [-0.2, -0.15) is 0 Å². The summed E-state index contributed by atoms with van der Waals surface area (Å²) in [7, 11) is -2.08. The Kier molecular flexibility index (Phi) is 3.31. The van der Waals surface area contributed by atoms with Crippen molar-refractivity contribution in [3.05, 3.63) is 53.1 Å². The van der Waals surface area contributed by atoms with Gasteiger partial charge in [-0.15, -0.1) is 0 Å². The number of aliphatic hydroxyl groups is 1. The Morgan fingerprint density at radius 2 is 1.76 bits per heavy atom. The van der Waals surface area contributed by atoms with Gasteiger partial charge in [-0.3, -0.25) is 0 Å². The van der Waals surface area contributed by atoms with Crippen LogP contribution in [0.5, 0.6) is 5.75 Å². The fourth-order valence-corrected chi connectivity index (χ4v) is 4.05. The Morgan fingerprint density at radius 3 is 2.48 bits per heavy atom. The number of fused-ring (bicyclic) bond motifs is 2. The summed E-state index contributed by atoms with van der Waals surface area (Å²) >= 11 is 0. The van der Waals surface area contributed by atoms with Crippen LogP contribution in [0.15, 0.2) is 46.2 Å². The van der Waals surface area contributed by atoms with Crippen LogP contribution in [0.3, 0.4) is 0 Å². The summed E-state index contributed by atoms with van der Waals surface area (Å²) in [6, 6.07) is 9.82. The first-order valence-electron chi connectivity index (χ1n) is 6.41. The zero-order chi connectivity index (χ0) is 15.0. The molecule has 108 valence electrons. The highest BCUT2D eigenvalue weighted by atomic mass is 32.2. The molecule has 0 amide bonds. The molecular weight excluding hydrogens is 288 g/mol. The number of aliphatic hydroxyl groups excluding tert-OH is 1. The van der Waals surface area contributed by atoms with E-state index < -0.39 is 9.84 Å². The molecule has 2 aromatic carbocycles. The van der Waals surface area contributed by atoms with E-state index in [-0.39, 0.29) is 16.4 Å². The van der Waals surface area contributed by atoms with Crippen molar-refractivity contribution in [3.63, 3.8) is 0 Å². The van der Waals surface area contributed by atoms with Crippen molar-refractivity contribution in [3.8, 4) is 5.75 Å². The Bertz CT molecular complexity index is 835. The predicted octanol–water partition coefficient (Wildman–Crippen LogP) is 2.50. The SMILES string of the molecule is COc1ccc2c(c1)C=Cc1ccc(CO)cc1S2(=O)=O. The van der Waals surface area contributed by atoms with Gasteiger partial charge in [-0.25, -0.2) is 8.42 Å². The zero-order valence-corrected chi connectivity index (χ0v) is 12.2. The molecule has 1 aliphatic rings. The molecule has 0 saturated carbocycles. The summed E-state index contributed by atoms with van der Waals surface area (Å²) in [6.45, 7) is -0.192. The first-order chi connectivity index (χ1) is 10.1. The average molecular weight is 302 g/mol. The molecular formula is C16H14O4S. The van der Waals surface area contributed by atoms with Gasteiger partial charge in [0.2, 0.25) is 9.84 Å². The Morgan fingerprint density at radius 1 is 1.00 bits per heavy atom. The van der Waals surface area contributed by atoms with Crippen molar-refractivity contribution in [2.45, 2.75) is 16.4 Å². The lowest BCUT2D eigenvalue weighted by Gasteiger charge is -2.10. The molecule has 5 heteroatoms. The van der Waals surface area contributed by atoms with Crippen molar-refractivity contribution in [2.24, 2.45) is 0 Å². The van der Waals surface area contributed by atoms with Crippen molar-refractivity contribution in [1.29, 1.82) is 0 Å². The lowest BCUT2D eigenvalue weighted by molar-refractivity contribution is 0.281. The fourth-order valence-electron chi connectivity index (χ4n) is 2.37. The van der Waals surface area contributed by atoms with Crippen molar-refractivity contribution < 1.29 is 18.3 Å². The maximum absolute atomic E-state index is 12.8. The minimum atomic E-state index is -3.62. The number of methoxy groups -OCH3 is 1. The highest BCUT2D eigenvalue weighted by molar-refractivity contribution is 7.91. The summed E-state index contributed by atoms with van der Waals surface area (Å²) in [5.41, 5.74) is 1.78. The van der Waals surface area contributed by atoms with E-state index in [1.807, 2.05) is 0 Å². The molecule has 1 heterocycles. The van der Waals surface area contributed by atoms with Crippen molar-refractivity contribution in [1.82, 2.24) is 0 Å². The lowest BCUT2D eigenvalue weighted by Crippen LogP contribution is -2.05. The van der Waals surface area contributed by atoms with E-state index in [1.54, 1.807) is 49.6 Å². The van der Waals surface area contributed by atoms with Crippen LogP contribution in [-0.4, -0.2) is 20.6 Å². The first kappa shape index (κ1) is 13.9. The number of benzene rings is 2.